The van der Waals surface area contributed by atoms with Crippen molar-refractivity contribution in [2.75, 3.05) is 13.7 Å². The first-order chi connectivity index (χ1) is 10.6. The lowest BCUT2D eigenvalue weighted by molar-refractivity contribution is -0.380. The van der Waals surface area contributed by atoms with Crippen molar-refractivity contribution in [2.24, 2.45) is 0 Å². The molecule has 1 aromatic carbocycles. The highest BCUT2D eigenvalue weighted by atomic mass is 32.1. The molecule has 7 heteroatoms. The van der Waals surface area contributed by atoms with Gasteiger partial charge in [-0.15, -0.1) is 0 Å². The number of thiophene rings is 1. The minimum atomic E-state index is -0.502. The van der Waals surface area contributed by atoms with Crippen LogP contribution in [0.5, 0.6) is 0 Å². The fourth-order valence-corrected chi connectivity index (χ4v) is 2.76. The van der Waals surface area contributed by atoms with E-state index in [0.717, 1.165) is 16.9 Å². The van der Waals surface area contributed by atoms with Crippen LogP contribution < -0.4 is 5.32 Å². The standard InChI is InChI=1S/C15H16N2O4S/c1-21-9-13(7-11-5-3-2-4-6-11)16-15(18)12-8-14(17(19)20)22-10-12/h2-6,8,10,13H,7,9H2,1H3,(H,16,18)/t13-/m1/s1. The zero-order valence-corrected chi connectivity index (χ0v) is 12.8. The molecule has 0 aliphatic heterocycles. The van der Waals surface area contributed by atoms with Gasteiger partial charge in [-0.1, -0.05) is 41.7 Å². The van der Waals surface area contributed by atoms with E-state index in [1.165, 1.54) is 11.4 Å². The average molecular weight is 320 g/mol. The van der Waals surface area contributed by atoms with Gasteiger partial charge in [0.1, 0.15) is 0 Å². The Morgan fingerprint density at radius 2 is 2.14 bits per heavy atom. The Hall–Kier alpha value is -2.25. The van der Waals surface area contributed by atoms with Gasteiger partial charge in [-0.2, -0.15) is 0 Å². The Morgan fingerprint density at radius 3 is 2.73 bits per heavy atom. The summed E-state index contributed by atoms with van der Waals surface area (Å²) in [6.45, 7) is 0.368. The third-order valence-electron chi connectivity index (χ3n) is 3.06. The fraction of sp³-hybridized carbons (Fsp3) is 0.267. The Morgan fingerprint density at radius 1 is 1.41 bits per heavy atom. The molecular formula is C15H16N2O4S. The highest BCUT2D eigenvalue weighted by Gasteiger charge is 2.18. The highest BCUT2D eigenvalue weighted by Crippen LogP contribution is 2.22. The Bertz CT molecular complexity index is 642. The molecule has 116 valence electrons. The Labute approximate surface area is 131 Å². The molecule has 1 amide bonds. The van der Waals surface area contributed by atoms with Crippen LogP contribution in [0.3, 0.4) is 0 Å². The van der Waals surface area contributed by atoms with Gasteiger partial charge < -0.3 is 10.1 Å². The van der Waals surface area contributed by atoms with Crippen LogP contribution in [0.4, 0.5) is 5.00 Å². The summed E-state index contributed by atoms with van der Waals surface area (Å²) in [7, 11) is 1.57. The van der Waals surface area contributed by atoms with Crippen LogP contribution in [0.15, 0.2) is 41.8 Å². The minimum Gasteiger partial charge on any atom is -0.383 e. The maximum Gasteiger partial charge on any atom is 0.324 e. The molecule has 0 unspecified atom stereocenters. The molecule has 6 nitrogen and oxygen atoms in total. The first-order valence-corrected chi connectivity index (χ1v) is 7.54. The molecule has 0 bridgehead atoms. The first kappa shape index (κ1) is 16.1. The van der Waals surface area contributed by atoms with Crippen LogP contribution in [0.25, 0.3) is 0 Å². The van der Waals surface area contributed by atoms with Crippen LogP contribution in [0.1, 0.15) is 15.9 Å². The molecule has 22 heavy (non-hydrogen) atoms. The van der Waals surface area contributed by atoms with Gasteiger partial charge in [-0.25, -0.2) is 0 Å². The molecule has 0 saturated heterocycles. The predicted octanol–water partition coefficient (Wildman–Crippen LogP) is 2.64. The second-order valence-electron chi connectivity index (χ2n) is 4.75. The number of hydrogen-bond acceptors (Lipinski definition) is 5. The zero-order chi connectivity index (χ0) is 15.9. The van der Waals surface area contributed by atoms with Crippen molar-refractivity contribution in [2.45, 2.75) is 12.5 Å². The summed E-state index contributed by atoms with van der Waals surface area (Å²) in [5.74, 6) is -0.331. The van der Waals surface area contributed by atoms with Crippen molar-refractivity contribution in [1.29, 1.82) is 0 Å². The maximum absolute atomic E-state index is 12.2. The van der Waals surface area contributed by atoms with E-state index in [1.54, 1.807) is 7.11 Å². The molecule has 1 atom stereocenters. The molecule has 0 radical (unpaired) electrons. The summed E-state index contributed by atoms with van der Waals surface area (Å²) in [5.41, 5.74) is 1.38. The topological polar surface area (TPSA) is 81.5 Å². The van der Waals surface area contributed by atoms with Crippen LogP contribution in [0.2, 0.25) is 0 Å². The number of carbonyl (C=O) groups is 1. The third-order valence-corrected chi connectivity index (χ3v) is 3.94. The van der Waals surface area contributed by atoms with Gasteiger partial charge in [0, 0.05) is 18.6 Å². The second kappa shape index (κ2) is 7.67. The number of nitrogens with zero attached hydrogens (tertiary/aromatic N) is 1. The summed E-state index contributed by atoms with van der Waals surface area (Å²) in [4.78, 5) is 22.3. The molecule has 0 saturated carbocycles. The van der Waals surface area contributed by atoms with Crippen LogP contribution >= 0.6 is 11.3 Å². The fourth-order valence-electron chi connectivity index (χ4n) is 2.06. The number of amides is 1. The van der Waals surface area contributed by atoms with E-state index >= 15 is 0 Å². The van der Waals surface area contributed by atoms with E-state index in [0.29, 0.717) is 18.6 Å². The van der Waals surface area contributed by atoms with Crippen LogP contribution in [-0.4, -0.2) is 30.6 Å². The average Bonchev–Trinajstić information content (AvgIpc) is 2.98. The van der Waals surface area contributed by atoms with E-state index < -0.39 is 4.92 Å². The van der Waals surface area contributed by atoms with Gasteiger partial charge in [-0.3, -0.25) is 14.9 Å². The quantitative estimate of drug-likeness (QED) is 0.628. The third kappa shape index (κ3) is 4.37. The summed E-state index contributed by atoms with van der Waals surface area (Å²) < 4.78 is 5.14. The van der Waals surface area contributed by atoms with Crippen LogP contribution in [0, 0.1) is 10.1 Å². The molecule has 0 aliphatic rings. The van der Waals surface area contributed by atoms with Crippen LogP contribution in [-0.2, 0) is 11.2 Å². The molecule has 0 spiro atoms. The van der Waals surface area contributed by atoms with Crippen molar-refractivity contribution < 1.29 is 14.5 Å². The normalized spacial score (nSPS) is 11.9. The molecule has 1 aromatic heterocycles. The van der Waals surface area contributed by atoms with Crippen molar-refractivity contribution >= 4 is 22.2 Å². The Balaban J connectivity index is 2.03. The molecule has 1 N–H and O–H groups in total. The van der Waals surface area contributed by atoms with Gasteiger partial charge in [0.25, 0.3) is 5.91 Å². The summed E-state index contributed by atoms with van der Waals surface area (Å²) in [6, 6.07) is 10.8. The van der Waals surface area contributed by atoms with Crippen molar-refractivity contribution in [3.63, 3.8) is 0 Å². The number of nitro groups is 1. The monoisotopic (exact) mass is 320 g/mol. The van der Waals surface area contributed by atoms with E-state index in [2.05, 4.69) is 5.32 Å². The number of nitrogens with one attached hydrogen (secondary N) is 1. The zero-order valence-electron chi connectivity index (χ0n) is 12.0. The van der Waals surface area contributed by atoms with Gasteiger partial charge in [0.15, 0.2) is 0 Å². The second-order valence-corrected chi connectivity index (χ2v) is 5.64. The van der Waals surface area contributed by atoms with Gasteiger partial charge in [0.05, 0.1) is 23.1 Å². The molecule has 0 aliphatic carbocycles. The van der Waals surface area contributed by atoms with Gasteiger partial charge in [-0.05, 0) is 12.0 Å². The van der Waals surface area contributed by atoms with E-state index in [-0.39, 0.29) is 17.0 Å². The highest BCUT2D eigenvalue weighted by molar-refractivity contribution is 7.13. The number of hydrogen-bond donors (Lipinski definition) is 1. The van der Waals surface area contributed by atoms with Crippen molar-refractivity contribution in [3.05, 3.63) is 63.0 Å². The SMILES string of the molecule is COC[C@@H](Cc1ccccc1)NC(=O)c1csc([N+](=O)[O-])c1. The smallest absolute Gasteiger partial charge is 0.324 e. The van der Waals surface area contributed by atoms with E-state index in [9.17, 15) is 14.9 Å². The van der Waals surface area contributed by atoms with Crippen molar-refractivity contribution in [1.82, 2.24) is 5.32 Å². The van der Waals surface area contributed by atoms with Crippen molar-refractivity contribution in [3.8, 4) is 0 Å². The van der Waals surface area contributed by atoms with Gasteiger partial charge >= 0.3 is 5.00 Å². The summed E-state index contributed by atoms with van der Waals surface area (Å²) >= 11 is 0.939. The Kier molecular flexibility index (Phi) is 5.62. The predicted molar refractivity (Wildman–Crippen MR) is 84.2 cm³/mol. The lowest BCUT2D eigenvalue weighted by Crippen LogP contribution is -2.39. The number of carbonyl (C=O) groups excluding carboxylic acids is 1. The molecule has 1 heterocycles. The number of ether oxygens (including phenoxy) is 1. The molecule has 2 aromatic rings. The molecule has 0 fully saturated rings. The number of methoxy groups -OCH3 is 1. The summed E-state index contributed by atoms with van der Waals surface area (Å²) in [6.07, 6.45) is 0.632. The molecule has 2 rings (SSSR count). The van der Waals surface area contributed by atoms with Gasteiger partial charge in [0.2, 0.25) is 0 Å². The largest absolute Gasteiger partial charge is 0.383 e. The first-order valence-electron chi connectivity index (χ1n) is 6.67. The lowest BCUT2D eigenvalue weighted by atomic mass is 10.1. The maximum atomic E-state index is 12.2. The minimum absolute atomic E-state index is 0.0449. The summed E-state index contributed by atoms with van der Waals surface area (Å²) in [5, 5.41) is 15.0. The number of benzene rings is 1. The molecular weight excluding hydrogens is 304 g/mol. The lowest BCUT2D eigenvalue weighted by Gasteiger charge is -2.17. The van der Waals surface area contributed by atoms with E-state index in [1.807, 2.05) is 30.3 Å². The van der Waals surface area contributed by atoms with E-state index in [4.69, 9.17) is 4.74 Å². The number of rotatable bonds is 7.